The standard InChI is InChI=1S/C18H17N3O2/c1-2-12-23-17-11-7-6-8-15(17)13-20-21-18(22)14-19-16-9-4-3-5-10-16/h1,3-11,13,19H,12,14H2,(H,21,22)/b20-13-. The van der Waals surface area contributed by atoms with Crippen LogP contribution in [0.15, 0.2) is 59.7 Å². The van der Waals surface area contributed by atoms with Gasteiger partial charge in [-0.15, -0.1) is 6.42 Å². The zero-order valence-corrected chi connectivity index (χ0v) is 12.5. The van der Waals surface area contributed by atoms with Gasteiger partial charge in [-0.3, -0.25) is 4.79 Å². The Hall–Kier alpha value is -3.26. The average molecular weight is 307 g/mol. The number of anilines is 1. The first kappa shape index (κ1) is 16.1. The monoisotopic (exact) mass is 307 g/mol. The Kier molecular flexibility index (Phi) is 6.24. The number of benzene rings is 2. The van der Waals surface area contributed by atoms with Gasteiger partial charge in [0.1, 0.15) is 12.4 Å². The lowest BCUT2D eigenvalue weighted by atomic mass is 10.2. The molecule has 2 rings (SSSR count). The quantitative estimate of drug-likeness (QED) is 0.468. The van der Waals surface area contributed by atoms with Crippen molar-refractivity contribution in [2.75, 3.05) is 18.5 Å². The Labute approximate surface area is 135 Å². The van der Waals surface area contributed by atoms with E-state index < -0.39 is 0 Å². The first-order chi connectivity index (χ1) is 11.3. The molecule has 0 spiro atoms. The zero-order valence-electron chi connectivity index (χ0n) is 12.5. The molecular formula is C18H17N3O2. The highest BCUT2D eigenvalue weighted by Crippen LogP contribution is 2.15. The summed E-state index contributed by atoms with van der Waals surface area (Å²) in [6, 6.07) is 16.8. The number of carbonyl (C=O) groups is 1. The highest BCUT2D eigenvalue weighted by atomic mass is 16.5. The second-order valence-corrected chi connectivity index (χ2v) is 4.54. The van der Waals surface area contributed by atoms with Crippen LogP contribution in [0.3, 0.4) is 0 Å². The number of nitrogens with one attached hydrogen (secondary N) is 2. The van der Waals surface area contributed by atoms with Gasteiger partial charge in [0.05, 0.1) is 12.8 Å². The number of amides is 1. The first-order valence-electron chi connectivity index (χ1n) is 7.05. The maximum atomic E-state index is 11.7. The van der Waals surface area contributed by atoms with Gasteiger partial charge in [0, 0.05) is 11.3 Å². The van der Waals surface area contributed by atoms with E-state index in [0.29, 0.717) is 5.75 Å². The molecule has 0 fully saturated rings. The lowest BCUT2D eigenvalue weighted by Gasteiger charge is -2.06. The van der Waals surface area contributed by atoms with Crippen LogP contribution in [0.1, 0.15) is 5.56 Å². The van der Waals surface area contributed by atoms with Gasteiger partial charge >= 0.3 is 0 Å². The number of para-hydroxylation sites is 2. The van der Waals surface area contributed by atoms with Crippen LogP contribution in [0, 0.1) is 12.3 Å². The Bertz CT molecular complexity index is 706. The number of carbonyl (C=O) groups excluding carboxylic acids is 1. The van der Waals surface area contributed by atoms with E-state index in [0.717, 1.165) is 11.3 Å². The summed E-state index contributed by atoms with van der Waals surface area (Å²) in [5.74, 6) is 2.78. The van der Waals surface area contributed by atoms with Crippen molar-refractivity contribution in [3.63, 3.8) is 0 Å². The Morgan fingerprint density at radius 1 is 1.17 bits per heavy atom. The van der Waals surface area contributed by atoms with Crippen LogP contribution in [-0.4, -0.2) is 25.3 Å². The van der Waals surface area contributed by atoms with Crippen LogP contribution in [0.5, 0.6) is 5.75 Å². The molecule has 2 aromatic carbocycles. The molecule has 0 saturated carbocycles. The van der Waals surface area contributed by atoms with Crippen molar-refractivity contribution in [2.24, 2.45) is 5.10 Å². The maximum absolute atomic E-state index is 11.7. The van der Waals surface area contributed by atoms with Gasteiger partial charge < -0.3 is 10.1 Å². The van der Waals surface area contributed by atoms with Crippen LogP contribution in [-0.2, 0) is 4.79 Å². The fourth-order valence-corrected chi connectivity index (χ4v) is 1.79. The van der Waals surface area contributed by atoms with E-state index in [1.807, 2.05) is 48.5 Å². The molecule has 0 atom stereocenters. The predicted molar refractivity (Wildman–Crippen MR) is 91.4 cm³/mol. The molecule has 2 aromatic rings. The van der Waals surface area contributed by atoms with E-state index in [2.05, 4.69) is 21.8 Å². The molecule has 0 radical (unpaired) electrons. The van der Waals surface area contributed by atoms with Gasteiger partial charge in [0.25, 0.3) is 5.91 Å². The van der Waals surface area contributed by atoms with E-state index in [4.69, 9.17) is 11.2 Å². The fourth-order valence-electron chi connectivity index (χ4n) is 1.79. The zero-order chi connectivity index (χ0) is 16.3. The molecule has 116 valence electrons. The lowest BCUT2D eigenvalue weighted by molar-refractivity contribution is -0.119. The van der Waals surface area contributed by atoms with E-state index in [1.54, 1.807) is 6.07 Å². The minimum atomic E-state index is -0.243. The molecule has 0 bridgehead atoms. The summed E-state index contributed by atoms with van der Waals surface area (Å²) in [4.78, 5) is 11.7. The summed E-state index contributed by atoms with van der Waals surface area (Å²) >= 11 is 0. The van der Waals surface area contributed by atoms with Gasteiger partial charge in [0.15, 0.2) is 0 Å². The number of terminal acetylenes is 1. The highest BCUT2D eigenvalue weighted by molar-refractivity contribution is 5.86. The molecular weight excluding hydrogens is 290 g/mol. The molecule has 0 aliphatic rings. The average Bonchev–Trinajstić information content (AvgIpc) is 2.60. The summed E-state index contributed by atoms with van der Waals surface area (Å²) in [6.07, 6.45) is 6.70. The number of rotatable bonds is 7. The number of ether oxygens (including phenoxy) is 1. The predicted octanol–water partition coefficient (Wildman–Crippen LogP) is 2.26. The maximum Gasteiger partial charge on any atom is 0.259 e. The van der Waals surface area contributed by atoms with Crippen molar-refractivity contribution >= 4 is 17.8 Å². The summed E-state index contributed by atoms with van der Waals surface area (Å²) in [6.45, 7) is 0.314. The third-order valence-electron chi connectivity index (χ3n) is 2.85. The molecule has 0 unspecified atom stereocenters. The van der Waals surface area contributed by atoms with Crippen molar-refractivity contribution in [3.05, 3.63) is 60.2 Å². The Morgan fingerprint density at radius 3 is 2.70 bits per heavy atom. The normalized spacial score (nSPS) is 10.0. The molecule has 1 amide bonds. The molecule has 0 aliphatic heterocycles. The summed E-state index contributed by atoms with van der Waals surface area (Å²) in [5, 5.41) is 6.93. The molecule has 0 heterocycles. The van der Waals surface area contributed by atoms with Crippen molar-refractivity contribution < 1.29 is 9.53 Å². The number of hydrazone groups is 1. The smallest absolute Gasteiger partial charge is 0.259 e. The van der Waals surface area contributed by atoms with Crippen LogP contribution in [0.2, 0.25) is 0 Å². The number of nitrogens with zero attached hydrogens (tertiary/aromatic N) is 1. The molecule has 0 aromatic heterocycles. The summed E-state index contributed by atoms with van der Waals surface area (Å²) in [5.41, 5.74) is 4.07. The number of hydrogen-bond acceptors (Lipinski definition) is 4. The van der Waals surface area contributed by atoms with Gasteiger partial charge in [-0.05, 0) is 24.3 Å². The fraction of sp³-hybridized carbons (Fsp3) is 0.111. The van der Waals surface area contributed by atoms with Crippen molar-refractivity contribution in [1.29, 1.82) is 0 Å². The van der Waals surface area contributed by atoms with Gasteiger partial charge in [-0.1, -0.05) is 36.3 Å². The molecule has 5 nitrogen and oxygen atoms in total. The lowest BCUT2D eigenvalue weighted by Crippen LogP contribution is -2.25. The second-order valence-electron chi connectivity index (χ2n) is 4.54. The SMILES string of the molecule is C#CCOc1ccccc1/C=N\NC(=O)CNc1ccccc1. The first-order valence-corrected chi connectivity index (χ1v) is 7.05. The van der Waals surface area contributed by atoms with Gasteiger partial charge in [0.2, 0.25) is 0 Å². The van der Waals surface area contributed by atoms with E-state index in [1.165, 1.54) is 6.21 Å². The van der Waals surface area contributed by atoms with Crippen LogP contribution in [0.25, 0.3) is 0 Å². The van der Waals surface area contributed by atoms with E-state index >= 15 is 0 Å². The van der Waals surface area contributed by atoms with E-state index in [9.17, 15) is 4.79 Å². The van der Waals surface area contributed by atoms with Crippen molar-refractivity contribution in [2.45, 2.75) is 0 Å². The molecule has 0 saturated heterocycles. The largest absolute Gasteiger partial charge is 0.480 e. The minimum absolute atomic E-state index is 0.136. The molecule has 23 heavy (non-hydrogen) atoms. The molecule has 2 N–H and O–H groups in total. The number of hydrogen-bond donors (Lipinski definition) is 2. The van der Waals surface area contributed by atoms with Crippen LogP contribution < -0.4 is 15.5 Å². The third-order valence-corrected chi connectivity index (χ3v) is 2.85. The summed E-state index contributed by atoms with van der Waals surface area (Å²) in [7, 11) is 0. The minimum Gasteiger partial charge on any atom is -0.480 e. The van der Waals surface area contributed by atoms with Crippen LogP contribution in [0.4, 0.5) is 5.69 Å². The molecule has 0 aliphatic carbocycles. The van der Waals surface area contributed by atoms with Crippen LogP contribution >= 0.6 is 0 Å². The van der Waals surface area contributed by atoms with Gasteiger partial charge in [-0.25, -0.2) is 5.43 Å². The summed E-state index contributed by atoms with van der Waals surface area (Å²) < 4.78 is 5.40. The topological polar surface area (TPSA) is 62.7 Å². The van der Waals surface area contributed by atoms with Gasteiger partial charge in [-0.2, -0.15) is 5.10 Å². The second kappa shape index (κ2) is 8.90. The van der Waals surface area contributed by atoms with E-state index in [-0.39, 0.29) is 19.1 Å². The van der Waals surface area contributed by atoms with Crippen molar-refractivity contribution in [3.8, 4) is 18.1 Å². The molecule has 5 heteroatoms. The Morgan fingerprint density at radius 2 is 1.91 bits per heavy atom. The third kappa shape index (κ3) is 5.56. The highest BCUT2D eigenvalue weighted by Gasteiger charge is 2.01. The van der Waals surface area contributed by atoms with Crippen molar-refractivity contribution in [1.82, 2.24) is 5.43 Å². The Balaban J connectivity index is 1.84.